The molecule has 0 saturated carbocycles. The molecule has 134 valence electrons. The van der Waals surface area contributed by atoms with Crippen LogP contribution < -0.4 is 10.1 Å². The maximum Gasteiger partial charge on any atom is 0.252 e. The Morgan fingerprint density at radius 1 is 1.00 bits per heavy atom. The Kier molecular flexibility index (Phi) is 6.27. The minimum Gasteiger partial charge on any atom is -0.481 e. The first-order chi connectivity index (χ1) is 13.3. The van der Waals surface area contributed by atoms with Crippen molar-refractivity contribution in [3.63, 3.8) is 0 Å². The van der Waals surface area contributed by atoms with E-state index in [9.17, 15) is 4.79 Å². The number of amides is 1. The first-order valence-electron chi connectivity index (χ1n) is 8.83. The van der Waals surface area contributed by atoms with Crippen molar-refractivity contribution in [2.75, 3.05) is 13.2 Å². The zero-order valence-electron chi connectivity index (χ0n) is 15.1. The molecule has 1 amide bonds. The summed E-state index contributed by atoms with van der Waals surface area (Å²) in [5.41, 5.74) is 1.74. The molecule has 0 bridgehead atoms. The fourth-order valence-corrected chi connectivity index (χ4v) is 2.84. The predicted molar refractivity (Wildman–Crippen MR) is 110 cm³/mol. The first-order valence-corrected chi connectivity index (χ1v) is 8.83. The van der Waals surface area contributed by atoms with Gasteiger partial charge in [-0.1, -0.05) is 72.5 Å². The number of carbonyl (C=O) groups excluding carboxylic acids is 1. The van der Waals surface area contributed by atoms with Crippen LogP contribution in [0.1, 0.15) is 15.9 Å². The van der Waals surface area contributed by atoms with Crippen molar-refractivity contribution in [3.05, 3.63) is 90.5 Å². The van der Waals surface area contributed by atoms with E-state index < -0.39 is 0 Å². The highest BCUT2D eigenvalue weighted by atomic mass is 16.5. The van der Waals surface area contributed by atoms with Crippen LogP contribution in [0, 0.1) is 11.8 Å². The molecule has 0 radical (unpaired) electrons. The van der Waals surface area contributed by atoms with Gasteiger partial charge in [0.2, 0.25) is 0 Å². The van der Waals surface area contributed by atoms with Crippen LogP contribution in [0.3, 0.4) is 0 Å². The van der Waals surface area contributed by atoms with Crippen LogP contribution in [0.5, 0.6) is 5.75 Å². The Morgan fingerprint density at radius 3 is 2.67 bits per heavy atom. The lowest BCUT2D eigenvalue weighted by Crippen LogP contribution is -2.23. The van der Waals surface area contributed by atoms with Crippen molar-refractivity contribution >= 4 is 16.7 Å². The van der Waals surface area contributed by atoms with Gasteiger partial charge in [-0.2, -0.15) is 0 Å². The molecule has 0 fully saturated rings. The highest BCUT2D eigenvalue weighted by Gasteiger charge is 2.08. The number of nitrogens with one attached hydrogen (secondary N) is 1. The number of hydrogen-bond donors (Lipinski definition) is 1. The zero-order chi connectivity index (χ0) is 18.9. The number of carbonyl (C=O) groups is 1. The van der Waals surface area contributed by atoms with Crippen LogP contribution in [0.15, 0.2) is 79.4 Å². The summed E-state index contributed by atoms with van der Waals surface area (Å²) in [6, 6.07) is 21.4. The van der Waals surface area contributed by atoms with E-state index in [0.717, 1.165) is 28.5 Å². The normalized spacial score (nSPS) is 9.93. The third-order valence-electron chi connectivity index (χ3n) is 4.13. The Balaban J connectivity index is 1.53. The van der Waals surface area contributed by atoms with Crippen LogP contribution in [-0.2, 0) is 6.42 Å². The monoisotopic (exact) mass is 355 g/mol. The maximum absolute atomic E-state index is 12.4. The van der Waals surface area contributed by atoms with Crippen LogP contribution >= 0.6 is 0 Å². The molecule has 0 heterocycles. The molecule has 0 aliphatic rings. The van der Waals surface area contributed by atoms with Gasteiger partial charge in [-0.05, 0) is 34.9 Å². The topological polar surface area (TPSA) is 38.3 Å². The van der Waals surface area contributed by atoms with Gasteiger partial charge in [0, 0.05) is 5.56 Å². The van der Waals surface area contributed by atoms with E-state index >= 15 is 0 Å². The average molecular weight is 355 g/mol. The molecule has 3 rings (SSSR count). The molecule has 27 heavy (non-hydrogen) atoms. The molecule has 0 unspecified atom stereocenters. The predicted octanol–water partition coefficient (Wildman–Crippen LogP) is 4.38. The van der Waals surface area contributed by atoms with Crippen molar-refractivity contribution in [1.29, 1.82) is 0 Å². The minimum absolute atomic E-state index is 0.127. The third kappa shape index (κ3) is 4.77. The number of rotatable bonds is 6. The minimum atomic E-state index is -0.127. The molecule has 3 nitrogen and oxygen atoms in total. The summed E-state index contributed by atoms with van der Waals surface area (Å²) in [5.74, 6) is 6.55. The Morgan fingerprint density at radius 2 is 1.78 bits per heavy atom. The second-order valence-corrected chi connectivity index (χ2v) is 5.95. The fourth-order valence-electron chi connectivity index (χ4n) is 2.84. The molecule has 3 heteroatoms. The van der Waals surface area contributed by atoms with E-state index in [0.29, 0.717) is 5.56 Å². The zero-order valence-corrected chi connectivity index (χ0v) is 15.1. The lowest BCUT2D eigenvalue weighted by molar-refractivity contribution is 0.0960. The Bertz CT molecular complexity index is 1010. The van der Waals surface area contributed by atoms with E-state index in [2.05, 4.69) is 23.7 Å². The second-order valence-electron chi connectivity index (χ2n) is 5.95. The van der Waals surface area contributed by atoms with Gasteiger partial charge in [0.15, 0.2) is 0 Å². The van der Waals surface area contributed by atoms with Gasteiger partial charge < -0.3 is 10.1 Å². The van der Waals surface area contributed by atoms with Crippen molar-refractivity contribution in [2.24, 2.45) is 0 Å². The maximum atomic E-state index is 12.4. The van der Waals surface area contributed by atoms with Crippen molar-refractivity contribution in [2.45, 2.75) is 6.42 Å². The van der Waals surface area contributed by atoms with Gasteiger partial charge in [0.25, 0.3) is 5.91 Å². The van der Waals surface area contributed by atoms with Gasteiger partial charge >= 0.3 is 0 Å². The summed E-state index contributed by atoms with van der Waals surface area (Å²) in [7, 11) is 0. The van der Waals surface area contributed by atoms with Gasteiger partial charge in [0.05, 0.1) is 6.54 Å². The number of allylic oxidation sites excluding steroid dienone is 1. The van der Waals surface area contributed by atoms with Gasteiger partial charge in [-0.15, -0.1) is 6.58 Å². The third-order valence-corrected chi connectivity index (χ3v) is 4.13. The van der Waals surface area contributed by atoms with E-state index in [4.69, 9.17) is 4.74 Å². The molecule has 0 atom stereocenters. The summed E-state index contributed by atoms with van der Waals surface area (Å²) < 4.78 is 5.70. The average Bonchev–Trinajstić information content (AvgIpc) is 2.71. The highest BCUT2D eigenvalue weighted by Crippen LogP contribution is 2.19. The Labute approximate surface area is 159 Å². The highest BCUT2D eigenvalue weighted by molar-refractivity contribution is 6.07. The Hall–Kier alpha value is -3.51. The summed E-state index contributed by atoms with van der Waals surface area (Å²) in [6.45, 7) is 4.31. The smallest absolute Gasteiger partial charge is 0.252 e. The molecule has 0 saturated heterocycles. The molecule has 0 spiro atoms. The van der Waals surface area contributed by atoms with E-state index in [1.807, 2.05) is 72.8 Å². The molecule has 3 aromatic rings. The molecule has 3 aromatic carbocycles. The second kappa shape index (κ2) is 9.26. The molecule has 0 aromatic heterocycles. The number of para-hydroxylation sites is 1. The summed E-state index contributed by atoms with van der Waals surface area (Å²) in [4.78, 5) is 12.4. The van der Waals surface area contributed by atoms with Gasteiger partial charge in [-0.25, -0.2) is 0 Å². The fraction of sp³-hybridized carbons (Fsp3) is 0.125. The van der Waals surface area contributed by atoms with E-state index in [-0.39, 0.29) is 19.1 Å². The number of hydrogen-bond acceptors (Lipinski definition) is 2. The first kappa shape index (κ1) is 18.3. The number of benzene rings is 3. The summed E-state index contributed by atoms with van der Waals surface area (Å²) in [5, 5.41) is 4.82. The number of ether oxygens (including phenoxy) is 1. The van der Waals surface area contributed by atoms with Crippen molar-refractivity contribution < 1.29 is 9.53 Å². The van der Waals surface area contributed by atoms with Crippen LogP contribution in [0.25, 0.3) is 10.8 Å². The summed E-state index contributed by atoms with van der Waals surface area (Å²) in [6.07, 6.45) is 2.60. The SMILES string of the molecule is C=CCc1ccccc1OCC#CCNC(=O)c1cccc2ccccc12. The van der Waals surface area contributed by atoms with Crippen LogP contribution in [-0.4, -0.2) is 19.1 Å². The molecule has 0 aliphatic carbocycles. The van der Waals surface area contributed by atoms with Crippen LogP contribution in [0.2, 0.25) is 0 Å². The quantitative estimate of drug-likeness (QED) is 0.526. The van der Waals surface area contributed by atoms with E-state index in [1.165, 1.54) is 0 Å². The largest absolute Gasteiger partial charge is 0.481 e. The lowest BCUT2D eigenvalue weighted by Gasteiger charge is -2.07. The van der Waals surface area contributed by atoms with Gasteiger partial charge in [-0.3, -0.25) is 4.79 Å². The lowest BCUT2D eigenvalue weighted by atomic mass is 10.0. The molecule has 0 aliphatic heterocycles. The van der Waals surface area contributed by atoms with Gasteiger partial charge in [0.1, 0.15) is 12.4 Å². The van der Waals surface area contributed by atoms with Crippen LogP contribution in [0.4, 0.5) is 0 Å². The molecule has 1 N–H and O–H groups in total. The molecular formula is C24H21NO2. The molecular weight excluding hydrogens is 334 g/mol. The standard InChI is InChI=1S/C24H21NO2/c1-2-10-20-12-4-6-16-23(20)27-18-8-7-17-25-24(26)22-15-9-13-19-11-3-5-14-21(19)22/h2-6,9,11-16H,1,10,17-18H2,(H,25,26). The summed E-state index contributed by atoms with van der Waals surface area (Å²) >= 11 is 0. The van der Waals surface area contributed by atoms with E-state index in [1.54, 1.807) is 0 Å². The van der Waals surface area contributed by atoms with Crippen molar-refractivity contribution in [1.82, 2.24) is 5.32 Å². The van der Waals surface area contributed by atoms with Crippen molar-refractivity contribution in [3.8, 4) is 17.6 Å². The number of fused-ring (bicyclic) bond motifs is 1.